The van der Waals surface area contributed by atoms with Crippen LogP contribution in [0, 0.1) is 6.92 Å². The first kappa shape index (κ1) is 11.9. The van der Waals surface area contributed by atoms with Gasteiger partial charge in [0.05, 0.1) is 0 Å². The summed E-state index contributed by atoms with van der Waals surface area (Å²) in [6, 6.07) is 2.06. The summed E-state index contributed by atoms with van der Waals surface area (Å²) in [6.45, 7) is 4.23. The van der Waals surface area contributed by atoms with Crippen molar-refractivity contribution in [1.29, 1.82) is 0 Å². The molecule has 1 fully saturated rings. The highest BCUT2D eigenvalue weighted by atomic mass is 32.2. The highest BCUT2D eigenvalue weighted by Crippen LogP contribution is 2.30. The van der Waals surface area contributed by atoms with Crippen molar-refractivity contribution in [3.8, 4) is 0 Å². The zero-order valence-electron chi connectivity index (χ0n) is 10.2. The second kappa shape index (κ2) is 5.24. The van der Waals surface area contributed by atoms with Gasteiger partial charge in [-0.1, -0.05) is 0 Å². The van der Waals surface area contributed by atoms with E-state index in [2.05, 4.69) is 31.3 Å². The second-order valence-corrected chi connectivity index (χ2v) is 6.39. The molecular weight excluding hydrogens is 264 g/mol. The van der Waals surface area contributed by atoms with Crippen LogP contribution in [0.2, 0.25) is 0 Å². The Morgan fingerprint density at radius 1 is 1.28 bits per heavy atom. The molecule has 0 saturated carbocycles. The Morgan fingerprint density at radius 2 is 2.11 bits per heavy atom. The molecule has 0 bridgehead atoms. The number of aromatic nitrogens is 3. The monoisotopic (exact) mass is 278 g/mol. The summed E-state index contributed by atoms with van der Waals surface area (Å²) in [7, 11) is 0. The lowest BCUT2D eigenvalue weighted by Gasteiger charge is -2.15. The van der Waals surface area contributed by atoms with Crippen molar-refractivity contribution >= 4 is 28.9 Å². The van der Waals surface area contributed by atoms with E-state index in [9.17, 15) is 0 Å². The lowest BCUT2D eigenvalue weighted by molar-refractivity contribution is 0.908. The smallest absolute Gasteiger partial charge is 0.156 e. The van der Waals surface area contributed by atoms with Gasteiger partial charge in [0.15, 0.2) is 4.34 Å². The number of thiazole rings is 1. The van der Waals surface area contributed by atoms with Gasteiger partial charge >= 0.3 is 0 Å². The van der Waals surface area contributed by atoms with E-state index in [1.54, 1.807) is 29.4 Å². The molecule has 0 aliphatic carbocycles. The topological polar surface area (TPSA) is 41.9 Å². The average Bonchev–Trinajstić information content (AvgIpc) is 3.01. The predicted octanol–water partition coefficient (Wildman–Crippen LogP) is 2.99. The van der Waals surface area contributed by atoms with Gasteiger partial charge in [-0.05, 0) is 31.5 Å². The van der Waals surface area contributed by atoms with Crippen molar-refractivity contribution < 1.29 is 0 Å². The highest BCUT2D eigenvalue weighted by Gasteiger charge is 2.14. The number of rotatable bonds is 3. The van der Waals surface area contributed by atoms with Crippen LogP contribution in [0.15, 0.2) is 27.1 Å². The van der Waals surface area contributed by atoms with E-state index in [1.807, 2.05) is 6.92 Å². The summed E-state index contributed by atoms with van der Waals surface area (Å²) in [5, 5.41) is 3.03. The van der Waals surface area contributed by atoms with Crippen molar-refractivity contribution in [2.45, 2.75) is 29.1 Å². The maximum atomic E-state index is 4.44. The van der Waals surface area contributed by atoms with Gasteiger partial charge in [-0.15, -0.1) is 11.3 Å². The normalized spacial score (nSPS) is 15.3. The van der Waals surface area contributed by atoms with E-state index >= 15 is 0 Å². The Labute approximate surface area is 114 Å². The summed E-state index contributed by atoms with van der Waals surface area (Å²) in [5.74, 6) is 1.04. The first-order valence-electron chi connectivity index (χ1n) is 5.98. The van der Waals surface area contributed by atoms with E-state index in [0.29, 0.717) is 0 Å². The maximum absolute atomic E-state index is 4.44. The van der Waals surface area contributed by atoms with Crippen LogP contribution in [-0.2, 0) is 0 Å². The van der Waals surface area contributed by atoms with Crippen LogP contribution >= 0.6 is 23.1 Å². The molecule has 0 unspecified atom stereocenters. The van der Waals surface area contributed by atoms with Gasteiger partial charge in [0.25, 0.3) is 0 Å². The van der Waals surface area contributed by atoms with Crippen molar-refractivity contribution in [2.75, 3.05) is 18.0 Å². The molecule has 2 aromatic heterocycles. The molecule has 0 spiro atoms. The molecule has 3 heterocycles. The van der Waals surface area contributed by atoms with Crippen LogP contribution in [0.25, 0.3) is 0 Å². The molecule has 0 amide bonds. The molecule has 3 rings (SSSR count). The molecule has 0 atom stereocenters. The Balaban J connectivity index is 1.78. The number of anilines is 1. The first-order valence-corrected chi connectivity index (χ1v) is 7.68. The number of nitrogens with zero attached hydrogens (tertiary/aromatic N) is 4. The average molecular weight is 278 g/mol. The highest BCUT2D eigenvalue weighted by molar-refractivity contribution is 8.01. The molecule has 0 radical (unpaired) electrons. The maximum Gasteiger partial charge on any atom is 0.156 e. The van der Waals surface area contributed by atoms with Crippen molar-refractivity contribution in [3.05, 3.63) is 23.5 Å². The molecule has 1 aliphatic rings. The van der Waals surface area contributed by atoms with Gasteiger partial charge in [-0.3, -0.25) is 0 Å². The molecule has 0 N–H and O–H groups in total. The van der Waals surface area contributed by atoms with Crippen LogP contribution in [0.5, 0.6) is 0 Å². The van der Waals surface area contributed by atoms with Gasteiger partial charge in [0.1, 0.15) is 17.2 Å². The molecule has 2 aromatic rings. The summed E-state index contributed by atoms with van der Waals surface area (Å²) < 4.78 is 1.04. The van der Waals surface area contributed by atoms with Gasteiger partial charge in [-0.2, -0.15) is 0 Å². The lowest BCUT2D eigenvalue weighted by Crippen LogP contribution is -2.18. The van der Waals surface area contributed by atoms with Crippen LogP contribution in [0.1, 0.15) is 18.5 Å². The van der Waals surface area contributed by atoms with Gasteiger partial charge < -0.3 is 4.90 Å². The Hall–Kier alpha value is -1.14. The molecule has 94 valence electrons. The fourth-order valence-corrected chi connectivity index (χ4v) is 3.72. The molecular formula is C12H14N4S2. The zero-order chi connectivity index (χ0) is 12.4. The third-order valence-corrected chi connectivity index (χ3v) is 4.84. The standard InChI is InChI=1S/C12H14N4S2/c1-9-7-17-12(15-9)18-11-6-10(13-8-14-11)16-4-2-3-5-16/h6-8H,2-5H2,1H3. The lowest BCUT2D eigenvalue weighted by atomic mass is 10.4. The van der Waals surface area contributed by atoms with Crippen LogP contribution in [-0.4, -0.2) is 28.0 Å². The van der Waals surface area contributed by atoms with Crippen LogP contribution in [0.3, 0.4) is 0 Å². The minimum atomic E-state index is 0.973. The van der Waals surface area contributed by atoms with Gasteiger partial charge in [0, 0.05) is 30.2 Å². The van der Waals surface area contributed by atoms with Crippen LogP contribution in [0.4, 0.5) is 5.82 Å². The third-order valence-electron chi connectivity index (χ3n) is 2.85. The molecule has 0 aromatic carbocycles. The fraction of sp³-hybridized carbons (Fsp3) is 0.417. The molecule has 6 heteroatoms. The number of hydrogen-bond donors (Lipinski definition) is 0. The Kier molecular flexibility index (Phi) is 3.47. The summed E-state index contributed by atoms with van der Waals surface area (Å²) in [6.07, 6.45) is 4.17. The Bertz CT molecular complexity index is 534. The molecule has 1 saturated heterocycles. The van der Waals surface area contributed by atoms with Gasteiger partial charge in [0.2, 0.25) is 0 Å². The second-order valence-electron chi connectivity index (χ2n) is 4.27. The van der Waals surface area contributed by atoms with Crippen molar-refractivity contribution in [3.63, 3.8) is 0 Å². The van der Waals surface area contributed by atoms with E-state index in [4.69, 9.17) is 0 Å². The molecule has 4 nitrogen and oxygen atoms in total. The number of hydrogen-bond acceptors (Lipinski definition) is 6. The van der Waals surface area contributed by atoms with Gasteiger partial charge in [-0.25, -0.2) is 15.0 Å². The largest absolute Gasteiger partial charge is 0.356 e. The van der Waals surface area contributed by atoms with E-state index in [-0.39, 0.29) is 0 Å². The molecule has 18 heavy (non-hydrogen) atoms. The zero-order valence-corrected chi connectivity index (χ0v) is 11.8. The summed E-state index contributed by atoms with van der Waals surface area (Å²) in [4.78, 5) is 15.4. The minimum Gasteiger partial charge on any atom is -0.356 e. The van der Waals surface area contributed by atoms with E-state index < -0.39 is 0 Å². The molecule has 1 aliphatic heterocycles. The summed E-state index contributed by atoms with van der Waals surface area (Å²) in [5.41, 5.74) is 1.07. The predicted molar refractivity (Wildman–Crippen MR) is 74.5 cm³/mol. The van der Waals surface area contributed by atoms with Crippen molar-refractivity contribution in [2.24, 2.45) is 0 Å². The third kappa shape index (κ3) is 2.64. The Morgan fingerprint density at radius 3 is 2.83 bits per heavy atom. The minimum absolute atomic E-state index is 0.973. The van der Waals surface area contributed by atoms with E-state index in [0.717, 1.165) is 34.0 Å². The summed E-state index contributed by atoms with van der Waals surface area (Å²) >= 11 is 3.27. The van der Waals surface area contributed by atoms with Crippen LogP contribution < -0.4 is 4.90 Å². The van der Waals surface area contributed by atoms with E-state index in [1.165, 1.54) is 12.8 Å². The first-order chi connectivity index (χ1) is 8.81. The number of aryl methyl sites for hydroxylation is 1. The SMILES string of the molecule is Cc1csc(Sc2cc(N3CCCC3)ncn2)n1. The van der Waals surface area contributed by atoms with Crippen molar-refractivity contribution in [1.82, 2.24) is 15.0 Å². The quantitative estimate of drug-likeness (QED) is 0.807. The fourth-order valence-electron chi connectivity index (χ4n) is 1.97.